The molecule has 0 aliphatic heterocycles. The summed E-state index contributed by atoms with van der Waals surface area (Å²) in [4.78, 5) is 25.9. The van der Waals surface area contributed by atoms with Gasteiger partial charge in [-0.25, -0.2) is 0 Å². The molecule has 0 saturated heterocycles. The fourth-order valence-electron chi connectivity index (χ4n) is 0.594. The third-order valence-electron chi connectivity index (χ3n) is 0.854. The first-order valence-electron chi connectivity index (χ1n) is 3.70. The van der Waals surface area contributed by atoms with Crippen molar-refractivity contribution in [2.24, 2.45) is 0 Å². The van der Waals surface area contributed by atoms with Crippen molar-refractivity contribution in [3.05, 3.63) is 11.6 Å². The molecule has 84 valence electrons. The molecule has 0 aromatic rings. The van der Waals surface area contributed by atoms with Crippen LogP contribution in [0.2, 0.25) is 0 Å². The van der Waals surface area contributed by atoms with Crippen molar-refractivity contribution in [3.63, 3.8) is 0 Å². The van der Waals surface area contributed by atoms with Crippen molar-refractivity contribution in [1.82, 2.24) is 0 Å². The molecule has 0 heterocycles. The van der Waals surface area contributed by atoms with E-state index < -0.39 is 20.8 Å². The highest BCUT2D eigenvalue weighted by Crippen LogP contribution is 2.50. The van der Waals surface area contributed by atoms with Gasteiger partial charge in [0, 0.05) is 11.6 Å². The van der Waals surface area contributed by atoms with Crippen LogP contribution in [0.25, 0.3) is 0 Å². The van der Waals surface area contributed by atoms with Crippen molar-refractivity contribution in [3.8, 4) is 0 Å². The SMILES string of the molecule is CC(C)(C)OP(=O)(O)C=CP(=O)(O)O. The van der Waals surface area contributed by atoms with E-state index >= 15 is 0 Å². The largest absolute Gasteiger partial charge is 0.352 e. The first-order valence-corrected chi connectivity index (χ1v) is 7.03. The molecule has 0 spiro atoms. The Morgan fingerprint density at radius 1 is 1.07 bits per heavy atom. The van der Waals surface area contributed by atoms with Crippen molar-refractivity contribution < 1.29 is 28.3 Å². The lowest BCUT2D eigenvalue weighted by Gasteiger charge is -2.21. The van der Waals surface area contributed by atoms with Crippen LogP contribution in [0, 0.1) is 0 Å². The van der Waals surface area contributed by atoms with E-state index in [4.69, 9.17) is 19.2 Å². The van der Waals surface area contributed by atoms with Crippen LogP contribution in [0.15, 0.2) is 11.6 Å². The summed E-state index contributed by atoms with van der Waals surface area (Å²) >= 11 is 0. The van der Waals surface area contributed by atoms with Gasteiger partial charge in [-0.05, 0) is 20.8 Å². The maximum absolute atomic E-state index is 11.2. The Hall–Kier alpha value is 0.0400. The molecule has 14 heavy (non-hydrogen) atoms. The minimum atomic E-state index is -4.42. The van der Waals surface area contributed by atoms with Crippen LogP contribution in [0.5, 0.6) is 0 Å². The summed E-state index contributed by atoms with van der Waals surface area (Å²) in [6.45, 7) is 4.67. The van der Waals surface area contributed by atoms with Crippen LogP contribution in [-0.4, -0.2) is 20.3 Å². The van der Waals surface area contributed by atoms with Crippen LogP contribution < -0.4 is 0 Å². The molecule has 0 bridgehead atoms. The Morgan fingerprint density at radius 3 is 1.79 bits per heavy atom. The van der Waals surface area contributed by atoms with Gasteiger partial charge in [-0.3, -0.25) is 13.7 Å². The molecule has 0 saturated carbocycles. The van der Waals surface area contributed by atoms with Gasteiger partial charge in [0.2, 0.25) is 0 Å². The minimum Gasteiger partial charge on any atom is -0.321 e. The normalized spacial score (nSPS) is 18.4. The molecule has 0 amide bonds. The monoisotopic (exact) mass is 244 g/mol. The Balaban J connectivity index is 4.60. The van der Waals surface area contributed by atoms with Gasteiger partial charge in [-0.15, -0.1) is 0 Å². The van der Waals surface area contributed by atoms with E-state index in [-0.39, 0.29) is 0 Å². The predicted molar refractivity (Wildman–Crippen MR) is 51.8 cm³/mol. The summed E-state index contributed by atoms with van der Waals surface area (Å²) in [5, 5.41) is 0. The third kappa shape index (κ3) is 8.63. The van der Waals surface area contributed by atoms with Gasteiger partial charge < -0.3 is 14.7 Å². The molecule has 6 nitrogen and oxygen atoms in total. The molecule has 3 N–H and O–H groups in total. The molecule has 1 unspecified atom stereocenters. The van der Waals surface area contributed by atoms with E-state index in [1.807, 2.05) is 0 Å². The maximum Gasteiger partial charge on any atom is 0.352 e. The number of hydrogen-bond donors (Lipinski definition) is 3. The average molecular weight is 244 g/mol. The van der Waals surface area contributed by atoms with Gasteiger partial charge in [0.1, 0.15) is 0 Å². The van der Waals surface area contributed by atoms with Crippen LogP contribution in [-0.2, 0) is 13.7 Å². The zero-order chi connectivity index (χ0) is 11.6. The van der Waals surface area contributed by atoms with E-state index in [1.54, 1.807) is 20.8 Å². The van der Waals surface area contributed by atoms with E-state index in [1.165, 1.54) is 0 Å². The highest BCUT2D eigenvalue weighted by Gasteiger charge is 2.25. The smallest absolute Gasteiger partial charge is 0.321 e. The van der Waals surface area contributed by atoms with Gasteiger partial charge in [0.05, 0.1) is 5.60 Å². The lowest BCUT2D eigenvalue weighted by atomic mass is 10.2. The first kappa shape index (κ1) is 14.0. The van der Waals surface area contributed by atoms with Gasteiger partial charge in [0.15, 0.2) is 0 Å². The molecular weight excluding hydrogens is 230 g/mol. The molecule has 0 rings (SSSR count). The Kier molecular flexibility index (Phi) is 4.28. The fourth-order valence-corrected chi connectivity index (χ4v) is 2.81. The predicted octanol–water partition coefficient (Wildman–Crippen LogP) is 1.64. The van der Waals surface area contributed by atoms with E-state index in [0.717, 1.165) is 0 Å². The first-order chi connectivity index (χ1) is 5.91. The van der Waals surface area contributed by atoms with Crippen LogP contribution in [0.1, 0.15) is 20.8 Å². The van der Waals surface area contributed by atoms with Crippen molar-refractivity contribution >= 4 is 15.2 Å². The quantitative estimate of drug-likeness (QED) is 0.652. The Bertz CT molecular complexity index is 309. The summed E-state index contributed by atoms with van der Waals surface area (Å²) in [5.41, 5.74) is -0.858. The molecule has 0 aliphatic rings. The zero-order valence-corrected chi connectivity index (χ0v) is 9.90. The minimum absolute atomic E-state index is 0.361. The zero-order valence-electron chi connectivity index (χ0n) is 8.12. The number of rotatable bonds is 3. The highest BCUT2D eigenvalue weighted by molar-refractivity contribution is 7.59. The van der Waals surface area contributed by atoms with Gasteiger partial charge in [-0.2, -0.15) is 0 Å². The lowest BCUT2D eigenvalue weighted by molar-refractivity contribution is 0.116. The van der Waals surface area contributed by atoms with Gasteiger partial charge in [0.25, 0.3) is 0 Å². The molecular formula is C6H14O6P2. The van der Waals surface area contributed by atoms with Crippen molar-refractivity contribution in [1.29, 1.82) is 0 Å². The van der Waals surface area contributed by atoms with Gasteiger partial charge >= 0.3 is 15.2 Å². The fraction of sp³-hybridized carbons (Fsp3) is 0.667. The lowest BCUT2D eigenvalue weighted by Crippen LogP contribution is -2.16. The van der Waals surface area contributed by atoms with E-state index in [9.17, 15) is 9.13 Å². The van der Waals surface area contributed by atoms with Gasteiger partial charge in [-0.1, -0.05) is 0 Å². The summed E-state index contributed by atoms with van der Waals surface area (Å²) in [6, 6.07) is 0. The summed E-state index contributed by atoms with van der Waals surface area (Å²) in [6.07, 6.45) is 0. The topological polar surface area (TPSA) is 104 Å². The van der Waals surface area contributed by atoms with Crippen LogP contribution in [0.3, 0.4) is 0 Å². The molecule has 0 radical (unpaired) electrons. The summed E-state index contributed by atoms with van der Waals surface area (Å²) < 4.78 is 26.2. The maximum atomic E-state index is 11.2. The molecule has 0 aliphatic carbocycles. The van der Waals surface area contributed by atoms with E-state index in [0.29, 0.717) is 11.6 Å². The van der Waals surface area contributed by atoms with Crippen LogP contribution in [0.4, 0.5) is 0 Å². The highest BCUT2D eigenvalue weighted by atomic mass is 31.2. The Labute approximate surface area is 82.3 Å². The summed E-state index contributed by atoms with van der Waals surface area (Å²) in [5.74, 6) is 0.860. The summed E-state index contributed by atoms with van der Waals surface area (Å²) in [7, 11) is -8.50. The molecule has 0 aromatic heterocycles. The standard InChI is InChI=1S/C6H14O6P2/c1-6(2,3)12-14(10,11)5-4-13(7,8)9/h4-5H,1-3H3,(H,10,11)(H2,7,8,9). The Morgan fingerprint density at radius 2 is 1.50 bits per heavy atom. The molecule has 0 aromatic carbocycles. The second-order valence-corrected chi connectivity index (χ2v) is 6.74. The van der Waals surface area contributed by atoms with Crippen molar-refractivity contribution in [2.45, 2.75) is 26.4 Å². The number of hydrogen-bond acceptors (Lipinski definition) is 3. The molecule has 8 heteroatoms. The molecule has 1 atom stereocenters. The van der Waals surface area contributed by atoms with Crippen molar-refractivity contribution in [2.75, 3.05) is 0 Å². The average Bonchev–Trinajstić information content (AvgIpc) is 1.76. The molecule has 0 fully saturated rings. The third-order valence-corrected chi connectivity index (χ3v) is 2.96. The van der Waals surface area contributed by atoms with E-state index in [2.05, 4.69) is 0 Å². The second-order valence-electron chi connectivity index (χ2n) is 3.66. The van der Waals surface area contributed by atoms with Crippen LogP contribution >= 0.6 is 15.2 Å². The second kappa shape index (κ2) is 4.27.